The fourth-order valence-corrected chi connectivity index (χ4v) is 10.5. The van der Waals surface area contributed by atoms with Crippen LogP contribution in [0, 0.1) is 29.1 Å². The summed E-state index contributed by atoms with van der Waals surface area (Å²) in [5.74, 6) is 2.06. The minimum absolute atomic E-state index is 0.140. The third-order valence-electron chi connectivity index (χ3n) is 13.1. The van der Waals surface area contributed by atoms with Crippen LogP contribution in [0.4, 0.5) is 4.39 Å². The fourth-order valence-electron chi connectivity index (χ4n) is 10.5. The highest BCUT2D eigenvalue weighted by atomic mass is 19.1. The van der Waals surface area contributed by atoms with Gasteiger partial charge in [-0.3, -0.25) is 4.79 Å². The number of carbonyl (C=O) groups excluding carboxylic acids is 1. The van der Waals surface area contributed by atoms with Crippen molar-refractivity contribution in [3.63, 3.8) is 0 Å². The topological polar surface area (TPSA) is 60.8 Å². The third kappa shape index (κ3) is 8.69. The molecule has 7 atom stereocenters. The van der Waals surface area contributed by atoms with Crippen molar-refractivity contribution in [1.82, 2.24) is 4.90 Å². The molecule has 0 aliphatic heterocycles. The SMILES string of the molecule is CCCCCCCCCCCC(=O)N(CCCC[C@@H]1Cc2cc(O)ccc2[C@@H]2[C@@H]1[C@@H]1CC[C@H](O)[C@@]1(C)C[C@@H]2F)CC1CCCCC1. The molecule has 0 saturated heterocycles. The van der Waals surface area contributed by atoms with E-state index in [4.69, 9.17) is 0 Å². The molecule has 0 bridgehead atoms. The van der Waals surface area contributed by atoms with Gasteiger partial charge < -0.3 is 15.1 Å². The Bertz CT molecular complexity index is 1090. The highest BCUT2D eigenvalue weighted by Gasteiger charge is 2.59. The van der Waals surface area contributed by atoms with E-state index in [0.717, 1.165) is 69.2 Å². The first-order valence-corrected chi connectivity index (χ1v) is 19.7. The molecule has 0 heterocycles. The van der Waals surface area contributed by atoms with E-state index in [1.165, 1.54) is 83.5 Å². The Kier molecular flexibility index (Phi) is 13.3. The number of aliphatic hydroxyl groups is 1. The lowest BCUT2D eigenvalue weighted by Crippen LogP contribution is -2.51. The summed E-state index contributed by atoms with van der Waals surface area (Å²) >= 11 is 0. The monoisotopic (exact) mass is 640 g/mol. The Balaban J connectivity index is 1.17. The maximum atomic E-state index is 16.1. The van der Waals surface area contributed by atoms with E-state index in [2.05, 4.69) is 18.7 Å². The van der Waals surface area contributed by atoms with Crippen molar-refractivity contribution in [2.24, 2.45) is 29.1 Å². The van der Waals surface area contributed by atoms with Gasteiger partial charge in [0.25, 0.3) is 0 Å². The van der Waals surface area contributed by atoms with Gasteiger partial charge in [0.15, 0.2) is 0 Å². The lowest BCUT2D eigenvalue weighted by molar-refractivity contribution is -0.132. The zero-order chi connectivity index (χ0) is 32.5. The second-order valence-corrected chi connectivity index (χ2v) is 16.3. The summed E-state index contributed by atoms with van der Waals surface area (Å²) in [4.78, 5) is 15.8. The summed E-state index contributed by atoms with van der Waals surface area (Å²) in [6.45, 7) is 6.18. The molecule has 0 aromatic heterocycles. The summed E-state index contributed by atoms with van der Waals surface area (Å²) in [6, 6.07) is 5.58. The minimum atomic E-state index is -0.963. The molecule has 4 nitrogen and oxygen atoms in total. The first-order valence-electron chi connectivity index (χ1n) is 19.7. The van der Waals surface area contributed by atoms with Crippen molar-refractivity contribution in [3.8, 4) is 5.75 Å². The Morgan fingerprint density at radius 2 is 1.65 bits per heavy atom. The maximum Gasteiger partial charge on any atom is 0.222 e. The van der Waals surface area contributed by atoms with Crippen molar-refractivity contribution >= 4 is 5.91 Å². The molecule has 3 fully saturated rings. The van der Waals surface area contributed by atoms with Crippen molar-refractivity contribution in [2.45, 2.75) is 173 Å². The van der Waals surface area contributed by atoms with Crippen LogP contribution in [-0.4, -0.2) is 46.4 Å². The zero-order valence-corrected chi connectivity index (χ0v) is 29.4. The molecule has 1 amide bonds. The number of aromatic hydroxyl groups is 1. The number of hydrogen-bond acceptors (Lipinski definition) is 3. The molecule has 5 heteroatoms. The summed E-state index contributed by atoms with van der Waals surface area (Å²) in [5.41, 5.74) is 1.87. The smallest absolute Gasteiger partial charge is 0.222 e. The second-order valence-electron chi connectivity index (χ2n) is 16.3. The number of rotatable bonds is 17. The first-order chi connectivity index (χ1) is 22.3. The number of nitrogens with zero attached hydrogens (tertiary/aromatic N) is 1. The number of hydrogen-bond donors (Lipinski definition) is 2. The van der Waals surface area contributed by atoms with Gasteiger partial charge in [-0.15, -0.1) is 0 Å². The Morgan fingerprint density at radius 1 is 0.935 bits per heavy atom. The molecule has 0 spiro atoms. The van der Waals surface area contributed by atoms with Crippen LogP contribution in [0.5, 0.6) is 5.75 Å². The number of carbonyl (C=O) groups is 1. The van der Waals surface area contributed by atoms with Gasteiger partial charge in [0.05, 0.1) is 6.10 Å². The molecule has 4 aliphatic carbocycles. The first kappa shape index (κ1) is 35.7. The van der Waals surface area contributed by atoms with Gasteiger partial charge in [0.2, 0.25) is 5.91 Å². The highest BCUT2D eigenvalue weighted by molar-refractivity contribution is 5.76. The van der Waals surface area contributed by atoms with Gasteiger partial charge in [0, 0.05) is 25.4 Å². The van der Waals surface area contributed by atoms with Crippen LogP contribution < -0.4 is 0 Å². The molecule has 1 aromatic carbocycles. The molecular weight excluding hydrogens is 573 g/mol. The van der Waals surface area contributed by atoms with E-state index in [1.54, 1.807) is 6.07 Å². The normalized spacial score (nSPS) is 30.9. The molecular formula is C41H66FNO3. The van der Waals surface area contributed by atoms with Gasteiger partial charge >= 0.3 is 0 Å². The van der Waals surface area contributed by atoms with Crippen LogP contribution in [0.2, 0.25) is 0 Å². The molecule has 1 aromatic rings. The number of benzene rings is 1. The van der Waals surface area contributed by atoms with Crippen molar-refractivity contribution in [2.75, 3.05) is 13.1 Å². The predicted molar refractivity (Wildman–Crippen MR) is 187 cm³/mol. The molecule has 46 heavy (non-hydrogen) atoms. The molecule has 0 radical (unpaired) electrons. The van der Waals surface area contributed by atoms with E-state index in [-0.39, 0.29) is 23.0 Å². The number of amides is 1. The van der Waals surface area contributed by atoms with E-state index < -0.39 is 12.3 Å². The fraction of sp³-hybridized carbons (Fsp3) is 0.829. The van der Waals surface area contributed by atoms with Crippen LogP contribution in [0.1, 0.15) is 166 Å². The molecule has 260 valence electrons. The van der Waals surface area contributed by atoms with Gasteiger partial charge in [-0.25, -0.2) is 4.39 Å². The van der Waals surface area contributed by atoms with Crippen LogP contribution in [0.15, 0.2) is 18.2 Å². The number of phenolic OH excluding ortho intramolecular Hbond substituents is 1. The average Bonchev–Trinajstić information content (AvgIpc) is 3.34. The molecule has 0 unspecified atom stereocenters. The molecule has 4 aliphatic rings. The van der Waals surface area contributed by atoms with Gasteiger partial charge in [-0.2, -0.15) is 0 Å². The Hall–Kier alpha value is -1.62. The standard InChI is InChI=1S/C41H66FNO3/c1-3-4-5-6-7-8-9-10-14-20-38(46)43(29-30-17-12-11-13-18-30)25-16-15-19-31-26-32-27-33(44)21-22-34(32)40-36(42)28-41(2)35(39(31)40)23-24-37(41)45/h21-22,27,30-31,35-37,39-40,44-45H,3-20,23-26,28-29H2,1-2H3/t31-,35+,36+,37+,39+,40+,41+/m1/s1. The lowest BCUT2D eigenvalue weighted by Gasteiger charge is -2.54. The summed E-state index contributed by atoms with van der Waals surface area (Å²) in [5, 5.41) is 21.3. The quantitative estimate of drug-likeness (QED) is 0.167. The largest absolute Gasteiger partial charge is 0.508 e. The zero-order valence-electron chi connectivity index (χ0n) is 29.4. The molecule has 3 saturated carbocycles. The Labute approximate surface area is 280 Å². The van der Waals surface area contributed by atoms with E-state index in [1.807, 2.05) is 12.1 Å². The lowest BCUT2D eigenvalue weighted by atomic mass is 9.51. The van der Waals surface area contributed by atoms with Crippen LogP contribution in [0.25, 0.3) is 0 Å². The van der Waals surface area contributed by atoms with Crippen LogP contribution in [-0.2, 0) is 11.2 Å². The highest BCUT2D eigenvalue weighted by Crippen LogP contribution is 2.63. The number of aliphatic hydroxyl groups excluding tert-OH is 1. The number of unbranched alkanes of at least 4 members (excludes halogenated alkanes) is 9. The van der Waals surface area contributed by atoms with Crippen LogP contribution in [0.3, 0.4) is 0 Å². The maximum absolute atomic E-state index is 16.1. The summed E-state index contributed by atoms with van der Waals surface area (Å²) in [7, 11) is 0. The van der Waals surface area contributed by atoms with Crippen molar-refractivity contribution in [3.05, 3.63) is 29.3 Å². The van der Waals surface area contributed by atoms with E-state index in [0.29, 0.717) is 36.5 Å². The number of fused-ring (bicyclic) bond motifs is 5. The second kappa shape index (κ2) is 17.2. The Morgan fingerprint density at radius 3 is 2.39 bits per heavy atom. The predicted octanol–water partition coefficient (Wildman–Crippen LogP) is 10.3. The van der Waals surface area contributed by atoms with Gasteiger partial charge in [0.1, 0.15) is 11.9 Å². The minimum Gasteiger partial charge on any atom is -0.508 e. The molecule has 5 rings (SSSR count). The number of alkyl halides is 1. The van der Waals surface area contributed by atoms with Crippen molar-refractivity contribution < 1.29 is 19.4 Å². The van der Waals surface area contributed by atoms with E-state index in [9.17, 15) is 15.0 Å². The number of halogens is 1. The molecule has 2 N–H and O–H groups in total. The van der Waals surface area contributed by atoms with Crippen molar-refractivity contribution in [1.29, 1.82) is 0 Å². The number of phenols is 1. The summed E-state index contributed by atoms with van der Waals surface area (Å²) in [6.07, 6.45) is 23.4. The summed E-state index contributed by atoms with van der Waals surface area (Å²) < 4.78 is 16.1. The van der Waals surface area contributed by atoms with Gasteiger partial charge in [-0.05, 0) is 110 Å². The third-order valence-corrected chi connectivity index (χ3v) is 13.1. The van der Waals surface area contributed by atoms with Crippen LogP contribution >= 0.6 is 0 Å². The van der Waals surface area contributed by atoms with Gasteiger partial charge in [-0.1, -0.05) is 97.0 Å². The average molecular weight is 640 g/mol. The van der Waals surface area contributed by atoms with E-state index >= 15 is 4.39 Å².